The molecule has 0 aliphatic heterocycles. The molecule has 0 heterocycles. The Labute approximate surface area is 203 Å². The molecule has 0 aromatic heterocycles. The van der Waals surface area contributed by atoms with Crippen LogP contribution in [0.25, 0.3) is 0 Å². The normalized spacial score (nSPS) is 11.7. The molecule has 3 aromatic carbocycles. The SMILES string of the molecule is COc1ccc(CN(CC[C@@H](c2ccccc2)c2ccc(OC(C)C)cc2)C(C)=O)cc1OC. The first-order valence-corrected chi connectivity index (χ1v) is 11.7. The number of benzene rings is 3. The first-order valence-electron chi connectivity index (χ1n) is 11.7. The smallest absolute Gasteiger partial charge is 0.219 e. The van der Waals surface area contributed by atoms with E-state index in [2.05, 4.69) is 36.4 Å². The Balaban J connectivity index is 1.79. The van der Waals surface area contributed by atoms with E-state index in [1.54, 1.807) is 21.1 Å². The van der Waals surface area contributed by atoms with E-state index < -0.39 is 0 Å². The summed E-state index contributed by atoms with van der Waals surface area (Å²) < 4.78 is 16.6. The summed E-state index contributed by atoms with van der Waals surface area (Å²) in [4.78, 5) is 14.4. The van der Waals surface area contributed by atoms with Crippen molar-refractivity contribution in [1.82, 2.24) is 4.90 Å². The van der Waals surface area contributed by atoms with E-state index in [4.69, 9.17) is 14.2 Å². The molecule has 0 fully saturated rings. The molecule has 1 atom stereocenters. The second-order valence-electron chi connectivity index (χ2n) is 8.62. The number of amides is 1. The maximum atomic E-state index is 12.5. The van der Waals surface area contributed by atoms with E-state index in [0.29, 0.717) is 24.6 Å². The second-order valence-corrected chi connectivity index (χ2v) is 8.62. The molecule has 0 radical (unpaired) electrons. The van der Waals surface area contributed by atoms with Crippen molar-refractivity contribution in [3.63, 3.8) is 0 Å². The van der Waals surface area contributed by atoms with Crippen LogP contribution >= 0.6 is 0 Å². The summed E-state index contributed by atoms with van der Waals surface area (Å²) in [7, 11) is 3.23. The minimum atomic E-state index is 0.0438. The third kappa shape index (κ3) is 6.77. The Bertz CT molecular complexity index is 1050. The van der Waals surface area contributed by atoms with Gasteiger partial charge in [-0.25, -0.2) is 0 Å². The van der Waals surface area contributed by atoms with Crippen molar-refractivity contribution >= 4 is 5.91 Å². The van der Waals surface area contributed by atoms with Crippen molar-refractivity contribution < 1.29 is 19.0 Å². The zero-order valence-corrected chi connectivity index (χ0v) is 20.8. The molecule has 0 N–H and O–H groups in total. The van der Waals surface area contributed by atoms with Gasteiger partial charge in [0.05, 0.1) is 20.3 Å². The van der Waals surface area contributed by atoms with Crippen LogP contribution in [0.3, 0.4) is 0 Å². The van der Waals surface area contributed by atoms with E-state index in [9.17, 15) is 4.79 Å². The quantitative estimate of drug-likeness (QED) is 0.348. The molecule has 0 aliphatic carbocycles. The van der Waals surface area contributed by atoms with Crippen LogP contribution in [0.5, 0.6) is 17.2 Å². The molecule has 0 saturated carbocycles. The van der Waals surface area contributed by atoms with Gasteiger partial charge in [-0.05, 0) is 61.2 Å². The van der Waals surface area contributed by atoms with Gasteiger partial charge in [0, 0.05) is 25.9 Å². The molecule has 1 amide bonds. The van der Waals surface area contributed by atoms with E-state index in [-0.39, 0.29) is 17.9 Å². The summed E-state index contributed by atoms with van der Waals surface area (Å²) in [5.41, 5.74) is 3.44. The molecule has 0 aliphatic rings. The molecule has 5 heteroatoms. The highest BCUT2D eigenvalue weighted by Gasteiger charge is 2.18. The summed E-state index contributed by atoms with van der Waals surface area (Å²) in [6, 6.07) is 24.5. The molecule has 3 aromatic rings. The number of methoxy groups -OCH3 is 2. The van der Waals surface area contributed by atoms with Crippen LogP contribution in [0.4, 0.5) is 0 Å². The number of ether oxygens (including phenoxy) is 3. The lowest BCUT2D eigenvalue weighted by atomic mass is 9.88. The van der Waals surface area contributed by atoms with E-state index in [1.807, 2.05) is 55.1 Å². The number of carbonyl (C=O) groups excluding carboxylic acids is 1. The fourth-order valence-corrected chi connectivity index (χ4v) is 4.09. The number of nitrogens with zero attached hydrogens (tertiary/aromatic N) is 1. The van der Waals surface area contributed by atoms with Crippen LogP contribution in [0.1, 0.15) is 49.8 Å². The van der Waals surface area contributed by atoms with E-state index >= 15 is 0 Å². The third-order valence-electron chi connectivity index (χ3n) is 5.81. The molecule has 0 bridgehead atoms. The number of rotatable bonds is 11. The lowest BCUT2D eigenvalue weighted by Gasteiger charge is -2.26. The first kappa shape index (κ1) is 25.2. The zero-order chi connectivity index (χ0) is 24.5. The topological polar surface area (TPSA) is 48.0 Å². The highest BCUT2D eigenvalue weighted by Crippen LogP contribution is 2.31. The van der Waals surface area contributed by atoms with Crippen LogP contribution in [0.2, 0.25) is 0 Å². The predicted octanol–water partition coefficient (Wildman–Crippen LogP) is 6.06. The van der Waals surface area contributed by atoms with Crippen LogP contribution in [-0.2, 0) is 11.3 Å². The van der Waals surface area contributed by atoms with Gasteiger partial charge >= 0.3 is 0 Å². The third-order valence-corrected chi connectivity index (χ3v) is 5.81. The summed E-state index contributed by atoms with van der Waals surface area (Å²) >= 11 is 0. The maximum absolute atomic E-state index is 12.5. The lowest BCUT2D eigenvalue weighted by molar-refractivity contribution is -0.129. The minimum Gasteiger partial charge on any atom is -0.493 e. The van der Waals surface area contributed by atoms with Gasteiger partial charge in [-0.15, -0.1) is 0 Å². The highest BCUT2D eigenvalue weighted by atomic mass is 16.5. The average molecular weight is 462 g/mol. The Morgan fingerprint density at radius 1 is 0.853 bits per heavy atom. The summed E-state index contributed by atoms with van der Waals surface area (Å²) in [6.45, 7) is 6.81. The lowest BCUT2D eigenvalue weighted by Crippen LogP contribution is -2.30. The molecule has 5 nitrogen and oxygen atoms in total. The van der Waals surface area contributed by atoms with Gasteiger partial charge in [0.2, 0.25) is 5.91 Å². The van der Waals surface area contributed by atoms with Gasteiger partial charge in [-0.1, -0.05) is 48.5 Å². The van der Waals surface area contributed by atoms with Gasteiger partial charge in [0.15, 0.2) is 11.5 Å². The second kappa shape index (κ2) is 12.1. The zero-order valence-electron chi connectivity index (χ0n) is 20.8. The van der Waals surface area contributed by atoms with E-state index in [1.165, 1.54) is 11.1 Å². The standard InChI is InChI=1S/C29H35NO4/c1-21(2)34-26-14-12-25(13-15-26)27(24-9-7-6-8-10-24)17-18-30(22(3)31)20-23-11-16-28(32-4)29(19-23)33-5/h6-16,19,21,27H,17-18,20H2,1-5H3/t27-/m0/s1. The molecule has 34 heavy (non-hydrogen) atoms. The van der Waals surface area contributed by atoms with Crippen molar-refractivity contribution in [3.05, 3.63) is 89.5 Å². The van der Waals surface area contributed by atoms with Crippen LogP contribution < -0.4 is 14.2 Å². The van der Waals surface area contributed by atoms with Gasteiger partial charge < -0.3 is 19.1 Å². The predicted molar refractivity (Wildman–Crippen MR) is 136 cm³/mol. The largest absolute Gasteiger partial charge is 0.493 e. The Kier molecular flexibility index (Phi) is 8.97. The fraction of sp³-hybridized carbons (Fsp3) is 0.345. The molecule has 0 saturated heterocycles. The molecule has 3 rings (SSSR count). The van der Waals surface area contributed by atoms with E-state index in [0.717, 1.165) is 17.7 Å². The van der Waals surface area contributed by atoms with Crippen LogP contribution in [-0.4, -0.2) is 37.7 Å². The Morgan fingerprint density at radius 3 is 2.09 bits per heavy atom. The maximum Gasteiger partial charge on any atom is 0.219 e. The monoisotopic (exact) mass is 461 g/mol. The van der Waals surface area contributed by atoms with Gasteiger partial charge in [0.1, 0.15) is 5.75 Å². The average Bonchev–Trinajstić information content (AvgIpc) is 2.84. The van der Waals surface area contributed by atoms with Crippen molar-refractivity contribution in [2.45, 2.75) is 45.8 Å². The molecular formula is C29H35NO4. The first-order chi connectivity index (χ1) is 16.4. The summed E-state index contributed by atoms with van der Waals surface area (Å²) in [5, 5.41) is 0. The van der Waals surface area contributed by atoms with Crippen LogP contribution in [0.15, 0.2) is 72.8 Å². The number of hydrogen-bond acceptors (Lipinski definition) is 4. The molecule has 0 unspecified atom stereocenters. The minimum absolute atomic E-state index is 0.0438. The number of carbonyl (C=O) groups is 1. The molecule has 180 valence electrons. The Hall–Kier alpha value is -3.47. The fourth-order valence-electron chi connectivity index (χ4n) is 4.09. The Morgan fingerprint density at radius 2 is 1.50 bits per heavy atom. The van der Waals surface area contributed by atoms with Gasteiger partial charge in [-0.2, -0.15) is 0 Å². The van der Waals surface area contributed by atoms with Gasteiger partial charge in [-0.3, -0.25) is 4.79 Å². The van der Waals surface area contributed by atoms with Crippen molar-refractivity contribution in [2.24, 2.45) is 0 Å². The van der Waals surface area contributed by atoms with Crippen molar-refractivity contribution in [1.29, 1.82) is 0 Å². The highest BCUT2D eigenvalue weighted by molar-refractivity contribution is 5.73. The summed E-state index contributed by atoms with van der Waals surface area (Å²) in [6.07, 6.45) is 0.942. The van der Waals surface area contributed by atoms with Gasteiger partial charge in [0.25, 0.3) is 0 Å². The van der Waals surface area contributed by atoms with Crippen molar-refractivity contribution in [3.8, 4) is 17.2 Å². The number of hydrogen-bond donors (Lipinski definition) is 0. The van der Waals surface area contributed by atoms with Crippen molar-refractivity contribution in [2.75, 3.05) is 20.8 Å². The summed E-state index contributed by atoms with van der Waals surface area (Å²) in [5.74, 6) is 2.41. The molecular weight excluding hydrogens is 426 g/mol. The van der Waals surface area contributed by atoms with Crippen LogP contribution in [0, 0.1) is 0 Å². The molecule has 0 spiro atoms.